The topological polar surface area (TPSA) is 99.1 Å². The smallest absolute Gasteiger partial charge is 0.358 e. The van der Waals surface area contributed by atoms with E-state index in [9.17, 15) is 19.5 Å². The first-order valence-corrected chi connectivity index (χ1v) is 8.67. The lowest BCUT2D eigenvalue weighted by atomic mass is 9.94. The summed E-state index contributed by atoms with van der Waals surface area (Å²) in [4.78, 5) is 36.6. The first-order chi connectivity index (χ1) is 11.9. The van der Waals surface area contributed by atoms with Crippen molar-refractivity contribution in [3.63, 3.8) is 0 Å². The lowest BCUT2D eigenvalue weighted by Crippen LogP contribution is -2.54. The Hall–Kier alpha value is -1.94. The maximum absolute atomic E-state index is 12.4. The molecule has 134 valence electrons. The number of hydrogen-bond acceptors (Lipinski definition) is 7. The van der Waals surface area contributed by atoms with Crippen molar-refractivity contribution in [1.82, 2.24) is 0 Å². The van der Waals surface area contributed by atoms with Crippen molar-refractivity contribution in [1.29, 1.82) is 0 Å². The number of ether oxygens (including phenoxy) is 3. The molecule has 25 heavy (non-hydrogen) atoms. The minimum absolute atomic E-state index is 0.00353. The van der Waals surface area contributed by atoms with E-state index >= 15 is 0 Å². The van der Waals surface area contributed by atoms with Gasteiger partial charge in [-0.3, -0.25) is 0 Å². The Bertz CT molecular complexity index is 710. The average molecular weight is 460 g/mol. The molecule has 0 fully saturated rings. The molecule has 1 aromatic rings. The van der Waals surface area contributed by atoms with E-state index < -0.39 is 29.6 Å². The maximum Gasteiger partial charge on any atom is 0.358 e. The number of aliphatic hydroxyl groups is 1. The Balaban J connectivity index is 2.49. The van der Waals surface area contributed by atoms with Crippen LogP contribution in [0, 0.1) is 3.57 Å². The molecule has 0 spiro atoms. The quantitative estimate of drug-likeness (QED) is 0.390. The molecule has 0 aromatic heterocycles. The second-order valence-electron chi connectivity index (χ2n) is 5.12. The van der Waals surface area contributed by atoms with Crippen molar-refractivity contribution in [2.45, 2.75) is 25.6 Å². The van der Waals surface area contributed by atoms with E-state index in [1.807, 2.05) is 0 Å². The first-order valence-electron chi connectivity index (χ1n) is 7.59. The van der Waals surface area contributed by atoms with Gasteiger partial charge in [-0.25, -0.2) is 14.4 Å². The van der Waals surface area contributed by atoms with Gasteiger partial charge in [-0.1, -0.05) is 12.1 Å². The fourth-order valence-electron chi connectivity index (χ4n) is 2.33. The number of carbonyl (C=O) groups is 3. The van der Waals surface area contributed by atoms with Crippen LogP contribution in [0.15, 0.2) is 30.3 Å². The van der Waals surface area contributed by atoms with Gasteiger partial charge in [0.2, 0.25) is 6.10 Å². The van der Waals surface area contributed by atoms with Crippen LogP contribution in [0.2, 0.25) is 0 Å². The molecular formula is C17H17IO7. The van der Waals surface area contributed by atoms with E-state index in [1.54, 1.807) is 38.1 Å². The molecule has 0 aliphatic carbocycles. The summed E-state index contributed by atoms with van der Waals surface area (Å²) in [5.41, 5.74) is -1.71. The van der Waals surface area contributed by atoms with Crippen molar-refractivity contribution < 1.29 is 33.7 Å². The third-order valence-corrected chi connectivity index (χ3v) is 4.23. The summed E-state index contributed by atoms with van der Waals surface area (Å²) in [6.07, 6.45) is -0.909. The molecule has 0 radical (unpaired) electrons. The molecular weight excluding hydrogens is 443 g/mol. The number of halogens is 1. The second kappa shape index (κ2) is 7.96. The highest BCUT2D eigenvalue weighted by Crippen LogP contribution is 2.35. The Morgan fingerprint density at radius 3 is 2.36 bits per heavy atom. The second-order valence-corrected chi connectivity index (χ2v) is 6.37. The summed E-state index contributed by atoms with van der Waals surface area (Å²) in [5, 5.41) is 10.3. The molecule has 2 atom stereocenters. The molecule has 0 saturated carbocycles. The average Bonchev–Trinajstić information content (AvgIpc) is 2.94. The normalized spacial score (nSPS) is 20.5. The van der Waals surface area contributed by atoms with Crippen LogP contribution in [0.5, 0.6) is 0 Å². The van der Waals surface area contributed by atoms with E-state index in [1.165, 1.54) is 0 Å². The van der Waals surface area contributed by atoms with E-state index in [0.717, 1.165) is 9.65 Å². The lowest BCUT2D eigenvalue weighted by molar-refractivity contribution is -0.190. The van der Waals surface area contributed by atoms with Crippen LogP contribution in [0.4, 0.5) is 0 Å². The van der Waals surface area contributed by atoms with Crippen molar-refractivity contribution in [3.8, 4) is 0 Å². The number of esters is 3. The Morgan fingerprint density at radius 1 is 1.20 bits per heavy atom. The van der Waals surface area contributed by atoms with Crippen molar-refractivity contribution in [3.05, 3.63) is 39.5 Å². The fraction of sp³-hybridized carbons (Fsp3) is 0.353. The summed E-state index contributed by atoms with van der Waals surface area (Å²) in [6.45, 7) is 3.09. The van der Waals surface area contributed by atoms with E-state index in [4.69, 9.17) is 14.2 Å². The van der Waals surface area contributed by atoms with Gasteiger partial charge in [0.15, 0.2) is 0 Å². The van der Waals surface area contributed by atoms with Gasteiger partial charge in [-0.05, 0) is 60.2 Å². The standard InChI is InChI=1S/C17H17IO7/c1-3-23-15(21)13(19)17(16(22)24-4-2)9-12(14(20)25-17)10-5-7-11(18)8-6-10/h5-9,13,19H,3-4H2,1-2H3. The minimum Gasteiger partial charge on any atom is -0.464 e. The van der Waals surface area contributed by atoms with E-state index in [2.05, 4.69) is 22.6 Å². The van der Waals surface area contributed by atoms with Gasteiger partial charge < -0.3 is 19.3 Å². The van der Waals surface area contributed by atoms with Gasteiger partial charge in [-0.2, -0.15) is 0 Å². The summed E-state index contributed by atoms with van der Waals surface area (Å²) < 4.78 is 15.7. The molecule has 1 heterocycles. The van der Waals surface area contributed by atoms with Crippen LogP contribution in [0.3, 0.4) is 0 Å². The lowest BCUT2D eigenvalue weighted by Gasteiger charge is -2.27. The largest absolute Gasteiger partial charge is 0.464 e. The molecule has 1 aromatic carbocycles. The summed E-state index contributed by atoms with van der Waals surface area (Å²) in [7, 11) is 0. The summed E-state index contributed by atoms with van der Waals surface area (Å²) in [6, 6.07) is 6.89. The molecule has 7 nitrogen and oxygen atoms in total. The van der Waals surface area contributed by atoms with E-state index in [-0.39, 0.29) is 18.8 Å². The van der Waals surface area contributed by atoms with Gasteiger partial charge in [0.05, 0.1) is 18.8 Å². The zero-order valence-electron chi connectivity index (χ0n) is 13.7. The number of carbonyl (C=O) groups excluding carboxylic acids is 3. The zero-order valence-corrected chi connectivity index (χ0v) is 15.8. The van der Waals surface area contributed by atoms with Crippen LogP contribution in [0.1, 0.15) is 19.4 Å². The van der Waals surface area contributed by atoms with Crippen LogP contribution in [-0.4, -0.2) is 47.9 Å². The molecule has 1 aliphatic rings. The number of hydrogen-bond donors (Lipinski definition) is 1. The SMILES string of the molecule is CCOC(=O)C(O)C1(C(=O)OCC)C=C(c2ccc(I)cc2)C(=O)O1. The highest BCUT2D eigenvalue weighted by molar-refractivity contribution is 14.1. The molecule has 2 rings (SSSR count). The number of rotatable bonds is 6. The van der Waals surface area contributed by atoms with Crippen LogP contribution < -0.4 is 0 Å². The predicted molar refractivity (Wildman–Crippen MR) is 95.2 cm³/mol. The highest BCUT2D eigenvalue weighted by Gasteiger charge is 2.57. The van der Waals surface area contributed by atoms with Crippen LogP contribution >= 0.6 is 22.6 Å². The van der Waals surface area contributed by atoms with Gasteiger partial charge >= 0.3 is 17.9 Å². The molecule has 8 heteroatoms. The zero-order chi connectivity index (χ0) is 18.6. The van der Waals surface area contributed by atoms with Crippen molar-refractivity contribution >= 4 is 46.1 Å². The number of cyclic esters (lactones) is 1. The molecule has 0 saturated heterocycles. The Morgan fingerprint density at radius 2 is 1.80 bits per heavy atom. The van der Waals surface area contributed by atoms with Gasteiger partial charge in [0, 0.05) is 3.57 Å². The molecule has 1 N–H and O–H groups in total. The first kappa shape index (κ1) is 19.4. The predicted octanol–water partition coefficient (Wildman–Crippen LogP) is 1.46. The van der Waals surface area contributed by atoms with Crippen LogP contribution in [0.25, 0.3) is 5.57 Å². The number of benzene rings is 1. The highest BCUT2D eigenvalue weighted by atomic mass is 127. The molecule has 2 unspecified atom stereocenters. The molecule has 1 aliphatic heterocycles. The van der Waals surface area contributed by atoms with Gasteiger partial charge in [0.1, 0.15) is 0 Å². The Kier molecular flexibility index (Phi) is 6.17. The summed E-state index contributed by atoms with van der Waals surface area (Å²) >= 11 is 2.11. The van der Waals surface area contributed by atoms with Gasteiger partial charge in [-0.15, -0.1) is 0 Å². The maximum atomic E-state index is 12.4. The fourth-order valence-corrected chi connectivity index (χ4v) is 2.69. The van der Waals surface area contributed by atoms with Gasteiger partial charge in [0.25, 0.3) is 5.60 Å². The number of aliphatic hydroxyl groups excluding tert-OH is 1. The molecule has 0 bridgehead atoms. The molecule has 0 amide bonds. The monoisotopic (exact) mass is 460 g/mol. The third-order valence-electron chi connectivity index (χ3n) is 3.51. The minimum atomic E-state index is -2.27. The third kappa shape index (κ3) is 3.84. The van der Waals surface area contributed by atoms with E-state index in [0.29, 0.717) is 5.56 Å². The Labute approximate surface area is 158 Å². The van der Waals surface area contributed by atoms with Crippen molar-refractivity contribution in [2.75, 3.05) is 13.2 Å². The van der Waals surface area contributed by atoms with Crippen molar-refractivity contribution in [2.24, 2.45) is 0 Å². The van der Waals surface area contributed by atoms with Crippen LogP contribution in [-0.2, 0) is 28.6 Å². The summed E-state index contributed by atoms with van der Waals surface area (Å²) in [5.74, 6) is -2.95.